The first-order valence-electron chi connectivity index (χ1n) is 9.37. The molecule has 144 valence electrons. The summed E-state index contributed by atoms with van der Waals surface area (Å²) in [7, 11) is 0. The number of aliphatic hydroxyl groups excluding tert-OH is 2. The summed E-state index contributed by atoms with van der Waals surface area (Å²) in [6.45, 7) is 7.62. The standard InChI is InChI=1S/C20H28O6/c1-9(2)12-16(23)17(24)14-15(22)13-11(18(25)26)10(21)5-6-19(13,3)7-8-20(12,14)4/h9-10,12,14,16,21,23H,5-8H2,1-4H3,(H,25,26)/t10-,12-,14-,16+,19-,20+/m0/s1. The molecule has 0 unspecified atom stereocenters. The molecule has 6 heteroatoms. The van der Waals surface area contributed by atoms with E-state index in [9.17, 15) is 29.7 Å². The van der Waals surface area contributed by atoms with E-state index in [-0.39, 0.29) is 23.0 Å². The van der Waals surface area contributed by atoms with Gasteiger partial charge < -0.3 is 15.3 Å². The largest absolute Gasteiger partial charge is 0.478 e. The van der Waals surface area contributed by atoms with Gasteiger partial charge in [-0.2, -0.15) is 0 Å². The number of carboxylic acids is 1. The van der Waals surface area contributed by atoms with Crippen molar-refractivity contribution in [2.45, 2.75) is 65.6 Å². The molecule has 2 fully saturated rings. The second kappa shape index (κ2) is 5.99. The van der Waals surface area contributed by atoms with Crippen molar-refractivity contribution in [1.82, 2.24) is 0 Å². The van der Waals surface area contributed by atoms with Crippen LogP contribution >= 0.6 is 0 Å². The Morgan fingerprint density at radius 1 is 1.12 bits per heavy atom. The van der Waals surface area contributed by atoms with Crippen LogP contribution in [-0.4, -0.2) is 45.1 Å². The highest BCUT2D eigenvalue weighted by molar-refractivity contribution is 6.17. The van der Waals surface area contributed by atoms with Crippen LogP contribution in [-0.2, 0) is 14.4 Å². The van der Waals surface area contributed by atoms with E-state index in [4.69, 9.17) is 0 Å². The third kappa shape index (κ3) is 2.42. The zero-order chi connectivity index (χ0) is 19.6. The SMILES string of the molecule is CC(C)[C@H]1[C@@H](O)C(=O)[C@@H]2C(=O)C3=C(C(=O)O)[C@@H](O)CC[C@@]3(C)CC[C@@]21C. The normalized spacial score (nSPS) is 43.3. The number of hydrogen-bond acceptors (Lipinski definition) is 5. The molecule has 6 atom stereocenters. The fourth-order valence-corrected chi connectivity index (χ4v) is 5.93. The van der Waals surface area contributed by atoms with Gasteiger partial charge in [-0.25, -0.2) is 4.79 Å². The molecule has 0 heterocycles. The van der Waals surface area contributed by atoms with Gasteiger partial charge in [0.2, 0.25) is 0 Å². The summed E-state index contributed by atoms with van der Waals surface area (Å²) in [4.78, 5) is 38.2. The lowest BCUT2D eigenvalue weighted by molar-refractivity contribution is -0.137. The number of Topliss-reactive ketones (excluding diaryl/α,β-unsaturated/α-hetero) is 2. The van der Waals surface area contributed by atoms with E-state index < -0.39 is 46.5 Å². The maximum Gasteiger partial charge on any atom is 0.334 e. The minimum absolute atomic E-state index is 0.0169. The van der Waals surface area contributed by atoms with Gasteiger partial charge in [-0.3, -0.25) is 9.59 Å². The zero-order valence-electron chi connectivity index (χ0n) is 15.8. The number of ketones is 2. The number of carbonyl (C=O) groups excluding carboxylic acids is 2. The van der Waals surface area contributed by atoms with Crippen LogP contribution in [0.3, 0.4) is 0 Å². The van der Waals surface area contributed by atoms with Gasteiger partial charge in [-0.15, -0.1) is 0 Å². The topological polar surface area (TPSA) is 112 Å². The second-order valence-electron chi connectivity index (χ2n) is 9.13. The number of aliphatic hydroxyl groups is 2. The highest BCUT2D eigenvalue weighted by Gasteiger charge is 2.64. The summed E-state index contributed by atoms with van der Waals surface area (Å²) in [6.07, 6.45) is -0.476. The monoisotopic (exact) mass is 364 g/mol. The Bertz CT molecular complexity index is 707. The molecule has 0 aromatic carbocycles. The molecular weight excluding hydrogens is 336 g/mol. The molecule has 26 heavy (non-hydrogen) atoms. The van der Waals surface area contributed by atoms with Crippen LogP contribution in [0.1, 0.15) is 53.4 Å². The van der Waals surface area contributed by atoms with Gasteiger partial charge in [0.15, 0.2) is 11.6 Å². The molecule has 0 aromatic rings. The summed E-state index contributed by atoms with van der Waals surface area (Å²) in [6, 6.07) is 0. The van der Waals surface area contributed by atoms with Gasteiger partial charge in [0.05, 0.1) is 17.6 Å². The molecule has 0 spiro atoms. The Balaban J connectivity index is 2.23. The van der Waals surface area contributed by atoms with Crippen LogP contribution in [0, 0.1) is 28.6 Å². The number of allylic oxidation sites excluding steroid dienone is 1. The van der Waals surface area contributed by atoms with Crippen LogP contribution < -0.4 is 0 Å². The van der Waals surface area contributed by atoms with E-state index in [1.165, 1.54) is 0 Å². The quantitative estimate of drug-likeness (QED) is 0.643. The van der Waals surface area contributed by atoms with Gasteiger partial charge in [0, 0.05) is 11.5 Å². The molecule has 0 aliphatic heterocycles. The maximum atomic E-state index is 13.5. The van der Waals surface area contributed by atoms with Gasteiger partial charge in [0.1, 0.15) is 6.10 Å². The predicted octanol–water partition coefficient (Wildman–Crippen LogP) is 1.73. The van der Waals surface area contributed by atoms with Crippen LogP contribution in [0.25, 0.3) is 0 Å². The number of carboxylic acid groups (broad SMARTS) is 1. The van der Waals surface area contributed by atoms with Crippen molar-refractivity contribution in [3.63, 3.8) is 0 Å². The fourth-order valence-electron chi connectivity index (χ4n) is 5.93. The first kappa shape index (κ1) is 19.2. The zero-order valence-corrected chi connectivity index (χ0v) is 15.8. The molecule has 0 bridgehead atoms. The first-order chi connectivity index (χ1) is 12.0. The van der Waals surface area contributed by atoms with E-state index in [1.54, 1.807) is 0 Å². The smallest absolute Gasteiger partial charge is 0.334 e. The molecule has 3 N–H and O–H groups in total. The van der Waals surface area contributed by atoms with Gasteiger partial charge in [-0.1, -0.05) is 27.7 Å². The Labute approximate surface area is 153 Å². The van der Waals surface area contributed by atoms with Gasteiger partial charge in [0.25, 0.3) is 0 Å². The van der Waals surface area contributed by atoms with E-state index in [2.05, 4.69) is 0 Å². The third-order valence-electron chi connectivity index (χ3n) is 7.19. The van der Waals surface area contributed by atoms with E-state index in [0.717, 1.165) is 0 Å². The van der Waals surface area contributed by atoms with Crippen molar-refractivity contribution in [2.75, 3.05) is 0 Å². The number of aliphatic carboxylic acids is 1. The summed E-state index contributed by atoms with van der Waals surface area (Å²) >= 11 is 0. The molecule has 0 saturated heterocycles. The van der Waals surface area contributed by atoms with E-state index in [0.29, 0.717) is 25.7 Å². The summed E-state index contributed by atoms with van der Waals surface area (Å²) in [5, 5.41) is 30.4. The van der Waals surface area contributed by atoms with Crippen LogP contribution in [0.5, 0.6) is 0 Å². The van der Waals surface area contributed by atoms with Gasteiger partial charge in [-0.05, 0) is 42.4 Å². The maximum absolute atomic E-state index is 13.5. The minimum Gasteiger partial charge on any atom is -0.478 e. The van der Waals surface area contributed by atoms with Crippen molar-refractivity contribution in [1.29, 1.82) is 0 Å². The second-order valence-corrected chi connectivity index (χ2v) is 9.13. The molecule has 3 aliphatic rings. The molecular formula is C20H28O6. The fraction of sp³-hybridized carbons (Fsp3) is 0.750. The van der Waals surface area contributed by atoms with Crippen molar-refractivity contribution < 1.29 is 29.7 Å². The van der Waals surface area contributed by atoms with Crippen molar-refractivity contribution >= 4 is 17.5 Å². The molecule has 3 aliphatic carbocycles. The van der Waals surface area contributed by atoms with Crippen molar-refractivity contribution in [3.05, 3.63) is 11.1 Å². The Hall–Kier alpha value is -1.53. The van der Waals surface area contributed by atoms with Gasteiger partial charge >= 0.3 is 5.97 Å². The average molecular weight is 364 g/mol. The third-order valence-corrected chi connectivity index (χ3v) is 7.19. The summed E-state index contributed by atoms with van der Waals surface area (Å²) in [5.41, 5.74) is -1.53. The highest BCUT2D eigenvalue weighted by atomic mass is 16.4. The Kier molecular flexibility index (Phi) is 4.43. The van der Waals surface area contributed by atoms with E-state index >= 15 is 0 Å². The number of rotatable bonds is 2. The van der Waals surface area contributed by atoms with Crippen LogP contribution in [0.15, 0.2) is 11.1 Å². The number of carbonyl (C=O) groups is 3. The number of hydrogen-bond donors (Lipinski definition) is 3. The molecule has 6 nitrogen and oxygen atoms in total. The summed E-state index contributed by atoms with van der Waals surface area (Å²) < 4.78 is 0. The van der Waals surface area contributed by atoms with Crippen LogP contribution in [0.4, 0.5) is 0 Å². The highest BCUT2D eigenvalue weighted by Crippen LogP contribution is 2.59. The summed E-state index contributed by atoms with van der Waals surface area (Å²) in [5.74, 6) is -3.67. The first-order valence-corrected chi connectivity index (χ1v) is 9.37. The Morgan fingerprint density at radius 2 is 1.73 bits per heavy atom. The van der Waals surface area contributed by atoms with Crippen molar-refractivity contribution in [3.8, 4) is 0 Å². The Morgan fingerprint density at radius 3 is 2.27 bits per heavy atom. The minimum atomic E-state index is -1.30. The predicted molar refractivity (Wildman–Crippen MR) is 93.2 cm³/mol. The molecule has 0 radical (unpaired) electrons. The lowest BCUT2D eigenvalue weighted by atomic mass is 9.66. The number of fused-ring (bicyclic) bond motifs is 2. The van der Waals surface area contributed by atoms with Crippen molar-refractivity contribution in [2.24, 2.45) is 28.6 Å². The van der Waals surface area contributed by atoms with E-state index in [1.807, 2.05) is 27.7 Å². The molecule has 2 saturated carbocycles. The molecule has 0 aromatic heterocycles. The van der Waals surface area contributed by atoms with Crippen LogP contribution in [0.2, 0.25) is 0 Å². The average Bonchev–Trinajstić information content (AvgIpc) is 2.68. The lowest BCUT2D eigenvalue weighted by Crippen LogP contribution is -2.40. The molecule has 3 rings (SSSR count). The lowest BCUT2D eigenvalue weighted by Gasteiger charge is -2.38. The molecule has 0 amide bonds.